The number of carbonyl (C=O) groups is 1. The SMILES string of the molecule is CCCCCCCCCCCCOc1cc(Cl)ccc1C(=O)Nc1cccc(CN2C=C(C)SC2)c1. The minimum absolute atomic E-state index is 0.186. The number of anilines is 1. The molecule has 1 amide bonds. The number of unbranched alkanes of at least 4 members (excludes halogenated alkanes) is 9. The van der Waals surface area contributed by atoms with Crippen molar-refractivity contribution in [2.45, 2.75) is 84.6 Å². The summed E-state index contributed by atoms with van der Waals surface area (Å²) in [4.78, 5) is 16.7. The van der Waals surface area contributed by atoms with Crippen molar-refractivity contribution in [1.29, 1.82) is 0 Å². The van der Waals surface area contributed by atoms with Crippen molar-refractivity contribution in [3.63, 3.8) is 0 Å². The van der Waals surface area contributed by atoms with E-state index in [1.165, 1.54) is 56.3 Å². The molecule has 2 aromatic carbocycles. The zero-order valence-electron chi connectivity index (χ0n) is 21.9. The van der Waals surface area contributed by atoms with Gasteiger partial charge in [0.25, 0.3) is 5.91 Å². The largest absolute Gasteiger partial charge is 0.493 e. The second-order valence-corrected chi connectivity index (χ2v) is 11.2. The maximum atomic E-state index is 13.1. The van der Waals surface area contributed by atoms with Crippen molar-refractivity contribution in [1.82, 2.24) is 4.90 Å². The van der Waals surface area contributed by atoms with Crippen LogP contribution in [0.1, 0.15) is 94.0 Å². The molecule has 0 unspecified atom stereocenters. The highest BCUT2D eigenvalue weighted by Gasteiger charge is 2.15. The summed E-state index contributed by atoms with van der Waals surface area (Å²) in [5, 5.41) is 3.60. The fraction of sp³-hybridized carbons (Fsp3) is 0.500. The van der Waals surface area contributed by atoms with Gasteiger partial charge in [-0.1, -0.05) is 88.4 Å². The van der Waals surface area contributed by atoms with Crippen LogP contribution in [0.5, 0.6) is 5.75 Å². The zero-order valence-corrected chi connectivity index (χ0v) is 23.4. The number of amides is 1. The smallest absolute Gasteiger partial charge is 0.259 e. The van der Waals surface area contributed by atoms with E-state index >= 15 is 0 Å². The first-order valence-corrected chi connectivity index (χ1v) is 14.8. The van der Waals surface area contributed by atoms with E-state index < -0.39 is 0 Å². The lowest BCUT2D eigenvalue weighted by molar-refractivity contribution is 0.102. The highest BCUT2D eigenvalue weighted by atomic mass is 35.5. The fourth-order valence-corrected chi connectivity index (χ4v) is 5.28. The average molecular weight is 529 g/mol. The van der Waals surface area contributed by atoms with Crippen molar-refractivity contribution >= 4 is 35.0 Å². The molecule has 0 spiro atoms. The van der Waals surface area contributed by atoms with Gasteiger partial charge in [0, 0.05) is 23.5 Å². The molecule has 1 aliphatic heterocycles. The molecule has 1 N–H and O–H groups in total. The van der Waals surface area contributed by atoms with Gasteiger partial charge in [0.05, 0.1) is 18.0 Å². The molecule has 0 radical (unpaired) electrons. The van der Waals surface area contributed by atoms with Crippen LogP contribution in [0.15, 0.2) is 53.6 Å². The monoisotopic (exact) mass is 528 g/mol. The number of nitrogens with one attached hydrogen (secondary N) is 1. The fourth-order valence-electron chi connectivity index (χ4n) is 4.36. The molecule has 196 valence electrons. The normalized spacial score (nSPS) is 13.1. The van der Waals surface area contributed by atoms with Gasteiger partial charge in [-0.15, -0.1) is 11.8 Å². The molecule has 4 nitrogen and oxygen atoms in total. The number of halogens is 1. The zero-order chi connectivity index (χ0) is 25.6. The van der Waals surface area contributed by atoms with Crippen molar-refractivity contribution in [2.24, 2.45) is 0 Å². The molecule has 36 heavy (non-hydrogen) atoms. The number of hydrogen-bond donors (Lipinski definition) is 1. The van der Waals surface area contributed by atoms with Crippen molar-refractivity contribution in [3.05, 3.63) is 69.7 Å². The first kappa shape index (κ1) is 28.5. The van der Waals surface area contributed by atoms with E-state index in [0.29, 0.717) is 22.9 Å². The van der Waals surface area contributed by atoms with Gasteiger partial charge in [0.2, 0.25) is 0 Å². The minimum Gasteiger partial charge on any atom is -0.493 e. The van der Waals surface area contributed by atoms with Crippen LogP contribution in [0.25, 0.3) is 0 Å². The predicted octanol–water partition coefficient (Wildman–Crippen LogP) is 9.26. The van der Waals surface area contributed by atoms with Crippen LogP contribution in [0.2, 0.25) is 5.02 Å². The first-order chi connectivity index (χ1) is 17.5. The van der Waals surface area contributed by atoms with Crippen molar-refractivity contribution in [2.75, 3.05) is 17.8 Å². The number of allylic oxidation sites excluding steroid dienone is 1. The Labute approximate surface area is 226 Å². The highest BCUT2D eigenvalue weighted by molar-refractivity contribution is 8.03. The maximum Gasteiger partial charge on any atom is 0.259 e. The van der Waals surface area contributed by atoms with Gasteiger partial charge >= 0.3 is 0 Å². The minimum atomic E-state index is -0.186. The van der Waals surface area contributed by atoms with E-state index in [2.05, 4.69) is 36.3 Å². The molecule has 3 rings (SSSR count). The summed E-state index contributed by atoms with van der Waals surface area (Å²) in [7, 11) is 0. The Morgan fingerprint density at radius 1 is 1.00 bits per heavy atom. The van der Waals surface area contributed by atoms with E-state index in [-0.39, 0.29) is 5.91 Å². The van der Waals surface area contributed by atoms with Gasteiger partial charge in [-0.25, -0.2) is 0 Å². The summed E-state index contributed by atoms with van der Waals surface area (Å²) in [6, 6.07) is 13.2. The Kier molecular flexibility index (Phi) is 12.6. The Hall–Kier alpha value is -2.11. The Bertz CT molecular complexity index is 995. The number of hydrogen-bond acceptors (Lipinski definition) is 4. The third-order valence-electron chi connectivity index (χ3n) is 6.34. The number of carbonyl (C=O) groups excluding carboxylic acids is 1. The molecule has 0 saturated heterocycles. The Balaban J connectivity index is 1.45. The van der Waals surface area contributed by atoms with Crippen molar-refractivity contribution < 1.29 is 9.53 Å². The third-order valence-corrected chi connectivity index (χ3v) is 7.59. The second kappa shape index (κ2) is 15.9. The molecule has 6 heteroatoms. The van der Waals surface area contributed by atoms with Gasteiger partial charge in [-0.05, 0) is 54.1 Å². The summed E-state index contributed by atoms with van der Waals surface area (Å²) in [6.45, 7) is 5.80. The van der Waals surface area contributed by atoms with Gasteiger partial charge in [0.1, 0.15) is 5.75 Å². The van der Waals surface area contributed by atoms with Crippen LogP contribution in [0, 0.1) is 0 Å². The van der Waals surface area contributed by atoms with Crippen LogP contribution in [0.3, 0.4) is 0 Å². The molecule has 0 aromatic heterocycles. The summed E-state index contributed by atoms with van der Waals surface area (Å²) in [6.07, 6.45) is 14.9. The molecule has 0 atom stereocenters. The lowest BCUT2D eigenvalue weighted by atomic mass is 10.1. The van der Waals surface area contributed by atoms with E-state index in [1.54, 1.807) is 18.2 Å². The molecule has 1 aliphatic rings. The predicted molar refractivity (Wildman–Crippen MR) is 155 cm³/mol. The Morgan fingerprint density at radius 2 is 1.72 bits per heavy atom. The molecule has 0 fully saturated rings. The van der Waals surface area contributed by atoms with Crippen LogP contribution >= 0.6 is 23.4 Å². The van der Waals surface area contributed by atoms with Crippen molar-refractivity contribution in [3.8, 4) is 5.75 Å². The molecule has 2 aromatic rings. The van der Waals surface area contributed by atoms with E-state index in [4.69, 9.17) is 16.3 Å². The number of ether oxygens (including phenoxy) is 1. The molecule has 0 saturated carbocycles. The number of thioether (sulfide) groups is 1. The quantitative estimate of drug-likeness (QED) is 0.220. The van der Waals surface area contributed by atoms with Crippen LogP contribution in [0.4, 0.5) is 5.69 Å². The van der Waals surface area contributed by atoms with E-state index in [0.717, 1.165) is 36.5 Å². The molecule has 0 aliphatic carbocycles. The summed E-state index contributed by atoms with van der Waals surface area (Å²) in [5.41, 5.74) is 2.44. The first-order valence-electron chi connectivity index (χ1n) is 13.4. The standard InChI is InChI=1S/C30H41ClN2O2S/c1-3-4-5-6-7-8-9-10-11-12-18-35-29-20-26(31)16-17-28(29)30(34)32-27-15-13-14-25(19-27)22-33-21-24(2)36-23-33/h13-17,19-21H,3-12,18,22-23H2,1-2H3,(H,32,34). The number of rotatable bonds is 16. The highest BCUT2D eigenvalue weighted by Crippen LogP contribution is 2.27. The summed E-state index contributed by atoms with van der Waals surface area (Å²) in [5.74, 6) is 1.32. The summed E-state index contributed by atoms with van der Waals surface area (Å²) < 4.78 is 6.01. The lowest BCUT2D eigenvalue weighted by Crippen LogP contribution is -2.15. The molecular weight excluding hydrogens is 488 g/mol. The molecular formula is C30H41ClN2O2S. The average Bonchev–Trinajstić information content (AvgIpc) is 3.27. The maximum absolute atomic E-state index is 13.1. The van der Waals surface area contributed by atoms with Crippen LogP contribution in [-0.4, -0.2) is 23.3 Å². The van der Waals surface area contributed by atoms with Gasteiger partial charge < -0.3 is 15.0 Å². The van der Waals surface area contributed by atoms with Gasteiger partial charge in [-0.2, -0.15) is 0 Å². The van der Waals surface area contributed by atoms with Crippen LogP contribution < -0.4 is 10.1 Å². The van der Waals surface area contributed by atoms with E-state index in [9.17, 15) is 4.79 Å². The topological polar surface area (TPSA) is 41.6 Å². The summed E-state index contributed by atoms with van der Waals surface area (Å²) >= 11 is 8.06. The van der Waals surface area contributed by atoms with Gasteiger partial charge in [-0.3, -0.25) is 4.79 Å². The number of benzene rings is 2. The number of nitrogens with zero attached hydrogens (tertiary/aromatic N) is 1. The lowest BCUT2D eigenvalue weighted by Gasteiger charge is -2.16. The van der Waals surface area contributed by atoms with Gasteiger partial charge in [0.15, 0.2) is 0 Å². The molecule has 1 heterocycles. The van der Waals surface area contributed by atoms with Crippen LogP contribution in [-0.2, 0) is 6.54 Å². The molecule has 0 bridgehead atoms. The second-order valence-electron chi connectivity index (χ2n) is 9.59. The third kappa shape index (κ3) is 10.1. The Morgan fingerprint density at radius 3 is 2.42 bits per heavy atom. The van der Waals surface area contributed by atoms with E-state index in [1.807, 2.05) is 30.0 Å².